The molecule has 1 atom stereocenters. The quantitative estimate of drug-likeness (QED) is 0.606. The van der Waals surface area contributed by atoms with Crippen LogP contribution in [0.4, 0.5) is 0 Å². The van der Waals surface area contributed by atoms with Gasteiger partial charge in [-0.1, -0.05) is 19.8 Å². The van der Waals surface area contributed by atoms with Crippen LogP contribution in [0.2, 0.25) is 0 Å². The van der Waals surface area contributed by atoms with Crippen LogP contribution in [0.5, 0.6) is 0 Å². The maximum absolute atomic E-state index is 5.61. The lowest BCUT2D eigenvalue weighted by Gasteiger charge is -2.27. The van der Waals surface area contributed by atoms with E-state index in [2.05, 4.69) is 22.5 Å². The molecule has 0 aromatic rings. The van der Waals surface area contributed by atoms with E-state index in [0.717, 1.165) is 37.5 Å². The molecule has 1 saturated heterocycles. The molecule has 4 heteroatoms. The van der Waals surface area contributed by atoms with Gasteiger partial charge in [0, 0.05) is 26.7 Å². The summed E-state index contributed by atoms with van der Waals surface area (Å²) in [6.07, 6.45) is 8.22. The molecule has 1 unspecified atom stereocenters. The average molecular weight is 267 g/mol. The van der Waals surface area contributed by atoms with Gasteiger partial charge in [0.1, 0.15) is 0 Å². The van der Waals surface area contributed by atoms with E-state index in [9.17, 15) is 0 Å². The molecule has 0 aromatic heterocycles. The Morgan fingerprint density at radius 2 is 1.84 bits per heavy atom. The summed E-state index contributed by atoms with van der Waals surface area (Å²) < 4.78 is 5.61. The van der Waals surface area contributed by atoms with Crippen LogP contribution in [0.3, 0.4) is 0 Å². The lowest BCUT2D eigenvalue weighted by molar-refractivity contribution is 0.113. The molecule has 2 N–H and O–H groups in total. The van der Waals surface area contributed by atoms with Crippen LogP contribution in [0, 0.1) is 11.8 Å². The maximum atomic E-state index is 5.61. The van der Waals surface area contributed by atoms with Crippen molar-refractivity contribution in [3.8, 4) is 0 Å². The zero-order valence-electron chi connectivity index (χ0n) is 12.5. The molecule has 1 saturated carbocycles. The van der Waals surface area contributed by atoms with Crippen LogP contribution in [-0.4, -0.2) is 38.8 Å². The van der Waals surface area contributed by atoms with Crippen molar-refractivity contribution in [3.05, 3.63) is 0 Å². The number of rotatable bonds is 4. The van der Waals surface area contributed by atoms with Gasteiger partial charge in [-0.25, -0.2) is 0 Å². The number of nitrogens with one attached hydrogen (secondary N) is 2. The third-order valence-corrected chi connectivity index (χ3v) is 4.44. The fraction of sp³-hybridized carbons (Fsp3) is 0.933. The molecule has 2 aliphatic rings. The first-order valence-electron chi connectivity index (χ1n) is 7.84. The van der Waals surface area contributed by atoms with Gasteiger partial charge >= 0.3 is 0 Å². The summed E-state index contributed by atoms with van der Waals surface area (Å²) in [5, 5.41) is 6.83. The first-order valence-corrected chi connectivity index (χ1v) is 7.84. The molecule has 0 aromatic carbocycles. The van der Waals surface area contributed by atoms with Crippen molar-refractivity contribution in [2.24, 2.45) is 16.8 Å². The van der Waals surface area contributed by atoms with Crippen LogP contribution in [-0.2, 0) is 4.74 Å². The molecular weight excluding hydrogens is 238 g/mol. The van der Waals surface area contributed by atoms with Crippen LogP contribution >= 0.6 is 0 Å². The number of ether oxygens (including phenoxy) is 1. The molecule has 1 aliphatic heterocycles. The Kier molecular flexibility index (Phi) is 5.95. The third kappa shape index (κ3) is 5.01. The topological polar surface area (TPSA) is 45.7 Å². The zero-order chi connectivity index (χ0) is 13.5. The third-order valence-electron chi connectivity index (χ3n) is 4.44. The predicted octanol–water partition coefficient (Wildman–Crippen LogP) is 2.16. The molecule has 0 spiro atoms. The second-order valence-electron chi connectivity index (χ2n) is 6.09. The molecule has 0 amide bonds. The van der Waals surface area contributed by atoms with E-state index in [-0.39, 0.29) is 0 Å². The largest absolute Gasteiger partial charge is 0.376 e. The molecular formula is C15H29N3O. The van der Waals surface area contributed by atoms with E-state index in [4.69, 9.17) is 4.74 Å². The first-order chi connectivity index (χ1) is 9.28. The summed E-state index contributed by atoms with van der Waals surface area (Å²) in [7, 11) is 1.84. The second kappa shape index (κ2) is 7.73. The van der Waals surface area contributed by atoms with Gasteiger partial charge in [0.05, 0.1) is 6.10 Å². The summed E-state index contributed by atoms with van der Waals surface area (Å²) in [6, 6.07) is 0. The number of hydrogen-bond acceptors (Lipinski definition) is 2. The fourth-order valence-electron chi connectivity index (χ4n) is 3.01. The van der Waals surface area contributed by atoms with Crippen molar-refractivity contribution >= 4 is 5.96 Å². The SMILES string of the molecule is CN=C(NCC1CCC(C)CC1)NCC1CCCO1. The monoisotopic (exact) mass is 267 g/mol. The van der Waals surface area contributed by atoms with Gasteiger partial charge < -0.3 is 15.4 Å². The Morgan fingerprint density at radius 3 is 2.47 bits per heavy atom. The van der Waals surface area contributed by atoms with Crippen molar-refractivity contribution in [1.82, 2.24) is 10.6 Å². The molecule has 2 fully saturated rings. The number of nitrogens with zero attached hydrogens (tertiary/aromatic N) is 1. The van der Waals surface area contributed by atoms with Crippen molar-refractivity contribution in [1.29, 1.82) is 0 Å². The molecule has 1 aliphatic carbocycles. The summed E-state index contributed by atoms with van der Waals surface area (Å²) in [4.78, 5) is 4.29. The number of aliphatic imine (C=N–C) groups is 1. The normalized spacial score (nSPS) is 32.3. The smallest absolute Gasteiger partial charge is 0.191 e. The highest BCUT2D eigenvalue weighted by Crippen LogP contribution is 2.27. The molecule has 2 rings (SSSR count). The van der Waals surface area contributed by atoms with E-state index in [1.165, 1.54) is 38.5 Å². The Bertz CT molecular complexity index is 279. The van der Waals surface area contributed by atoms with Gasteiger partial charge in [-0.2, -0.15) is 0 Å². The fourth-order valence-corrected chi connectivity index (χ4v) is 3.01. The van der Waals surface area contributed by atoms with E-state index < -0.39 is 0 Å². The van der Waals surface area contributed by atoms with E-state index in [1.807, 2.05) is 7.05 Å². The molecule has 110 valence electrons. The molecule has 1 heterocycles. The van der Waals surface area contributed by atoms with E-state index >= 15 is 0 Å². The van der Waals surface area contributed by atoms with E-state index in [1.54, 1.807) is 0 Å². The highest BCUT2D eigenvalue weighted by atomic mass is 16.5. The standard InChI is InChI=1S/C15H29N3O/c1-12-5-7-13(8-6-12)10-17-15(16-2)18-11-14-4-3-9-19-14/h12-14H,3-11H2,1-2H3,(H2,16,17,18). The summed E-state index contributed by atoms with van der Waals surface area (Å²) in [5.74, 6) is 2.67. The van der Waals surface area contributed by atoms with Gasteiger partial charge in [0.2, 0.25) is 0 Å². The van der Waals surface area contributed by atoms with Crippen LogP contribution in [0.1, 0.15) is 45.4 Å². The molecule has 19 heavy (non-hydrogen) atoms. The Balaban J connectivity index is 1.62. The minimum absolute atomic E-state index is 0.370. The second-order valence-corrected chi connectivity index (χ2v) is 6.09. The van der Waals surface area contributed by atoms with Crippen molar-refractivity contribution in [3.63, 3.8) is 0 Å². The van der Waals surface area contributed by atoms with Gasteiger partial charge in [-0.3, -0.25) is 4.99 Å². The number of hydrogen-bond donors (Lipinski definition) is 2. The maximum Gasteiger partial charge on any atom is 0.191 e. The minimum Gasteiger partial charge on any atom is -0.376 e. The van der Waals surface area contributed by atoms with Crippen molar-refractivity contribution in [2.45, 2.75) is 51.6 Å². The summed E-state index contributed by atoms with van der Waals surface area (Å²) in [6.45, 7) is 5.21. The Hall–Kier alpha value is -0.770. The van der Waals surface area contributed by atoms with Crippen molar-refractivity contribution in [2.75, 3.05) is 26.7 Å². The molecule has 0 radical (unpaired) electrons. The highest BCUT2D eigenvalue weighted by molar-refractivity contribution is 5.79. The van der Waals surface area contributed by atoms with Crippen LogP contribution < -0.4 is 10.6 Å². The summed E-state index contributed by atoms with van der Waals surface area (Å²) >= 11 is 0. The van der Waals surface area contributed by atoms with E-state index in [0.29, 0.717) is 6.10 Å². The Labute approximate surface area is 117 Å². The van der Waals surface area contributed by atoms with Gasteiger partial charge in [-0.15, -0.1) is 0 Å². The summed E-state index contributed by atoms with van der Waals surface area (Å²) in [5.41, 5.74) is 0. The lowest BCUT2D eigenvalue weighted by atomic mass is 9.83. The van der Waals surface area contributed by atoms with Gasteiger partial charge in [0.25, 0.3) is 0 Å². The molecule has 4 nitrogen and oxygen atoms in total. The first kappa shape index (κ1) is 14.6. The van der Waals surface area contributed by atoms with Crippen LogP contribution in [0.25, 0.3) is 0 Å². The van der Waals surface area contributed by atoms with Gasteiger partial charge in [-0.05, 0) is 37.5 Å². The lowest BCUT2D eigenvalue weighted by Crippen LogP contribution is -2.43. The zero-order valence-corrected chi connectivity index (χ0v) is 12.5. The average Bonchev–Trinajstić information content (AvgIpc) is 2.94. The Morgan fingerprint density at radius 1 is 1.11 bits per heavy atom. The molecule has 0 bridgehead atoms. The van der Waals surface area contributed by atoms with Crippen molar-refractivity contribution < 1.29 is 4.74 Å². The van der Waals surface area contributed by atoms with Gasteiger partial charge in [0.15, 0.2) is 5.96 Å². The predicted molar refractivity (Wildman–Crippen MR) is 79.5 cm³/mol. The highest BCUT2D eigenvalue weighted by Gasteiger charge is 2.19. The minimum atomic E-state index is 0.370. The van der Waals surface area contributed by atoms with Crippen LogP contribution in [0.15, 0.2) is 4.99 Å². The number of guanidine groups is 1.